The number of aryl methyl sites for hydroxylation is 2. The van der Waals surface area contributed by atoms with E-state index in [0.29, 0.717) is 29.5 Å². The highest BCUT2D eigenvalue weighted by Gasteiger charge is 2.22. The van der Waals surface area contributed by atoms with Crippen LogP contribution >= 0.6 is 0 Å². The molecule has 7 heteroatoms. The minimum absolute atomic E-state index is 0.131. The van der Waals surface area contributed by atoms with Gasteiger partial charge in [-0.2, -0.15) is 5.10 Å². The lowest BCUT2D eigenvalue weighted by atomic mass is 9.86. The molecule has 7 nitrogen and oxygen atoms in total. The fourth-order valence-corrected chi connectivity index (χ4v) is 4.36. The predicted molar refractivity (Wildman–Crippen MR) is 148 cm³/mol. The molecule has 198 valence electrons. The second-order valence-electron chi connectivity index (χ2n) is 10.1. The summed E-state index contributed by atoms with van der Waals surface area (Å²) in [5.41, 5.74) is 5.22. The van der Waals surface area contributed by atoms with Crippen LogP contribution in [0.25, 0.3) is 22.5 Å². The van der Waals surface area contributed by atoms with Crippen LogP contribution in [0, 0.1) is 0 Å². The highest BCUT2D eigenvalue weighted by atomic mass is 16.5. The third-order valence-electron chi connectivity index (χ3n) is 6.39. The smallest absolute Gasteiger partial charge is 0.341 e. The van der Waals surface area contributed by atoms with Crippen LogP contribution in [0.5, 0.6) is 17.2 Å². The van der Waals surface area contributed by atoms with E-state index in [9.17, 15) is 9.90 Å². The van der Waals surface area contributed by atoms with Gasteiger partial charge in [-0.3, -0.25) is 4.68 Å². The zero-order valence-electron chi connectivity index (χ0n) is 22.5. The first kappa shape index (κ1) is 26.8. The third-order valence-corrected chi connectivity index (χ3v) is 6.39. The molecule has 0 aliphatic rings. The van der Waals surface area contributed by atoms with Gasteiger partial charge in [0.05, 0.1) is 25.6 Å². The van der Waals surface area contributed by atoms with Gasteiger partial charge >= 0.3 is 5.97 Å². The number of carboxylic acids is 1. The number of carboxylic acid groups (broad SMARTS) is 1. The van der Waals surface area contributed by atoms with Crippen molar-refractivity contribution in [2.45, 2.75) is 39.2 Å². The Kier molecular flexibility index (Phi) is 8.05. The third kappa shape index (κ3) is 5.99. The zero-order chi connectivity index (χ0) is 27.3. The Labute approximate surface area is 223 Å². The number of carbonyl (C=O) groups is 1. The molecule has 4 aromatic rings. The van der Waals surface area contributed by atoms with Gasteiger partial charge in [0, 0.05) is 17.7 Å². The number of aromatic nitrogens is 2. The van der Waals surface area contributed by atoms with Crippen molar-refractivity contribution in [1.82, 2.24) is 9.78 Å². The van der Waals surface area contributed by atoms with E-state index in [-0.39, 0.29) is 5.41 Å². The lowest BCUT2D eigenvalue weighted by molar-refractivity contribution is -0.139. The summed E-state index contributed by atoms with van der Waals surface area (Å²) in [6, 6.07) is 23.9. The van der Waals surface area contributed by atoms with Crippen LogP contribution in [0.2, 0.25) is 0 Å². The molecular formula is C31H34N2O5. The topological polar surface area (TPSA) is 82.8 Å². The van der Waals surface area contributed by atoms with Crippen molar-refractivity contribution < 1.29 is 24.1 Å². The number of nitrogens with zero attached hydrogens (tertiary/aromatic N) is 2. The van der Waals surface area contributed by atoms with Gasteiger partial charge in [0.25, 0.3) is 0 Å². The van der Waals surface area contributed by atoms with E-state index in [4.69, 9.17) is 19.3 Å². The van der Waals surface area contributed by atoms with Crippen molar-refractivity contribution in [3.05, 3.63) is 83.9 Å². The van der Waals surface area contributed by atoms with Crippen LogP contribution in [0.4, 0.5) is 0 Å². The number of hydrogen-bond donors (Lipinski definition) is 1. The maximum absolute atomic E-state index is 11.3. The summed E-state index contributed by atoms with van der Waals surface area (Å²) in [6.45, 7) is 6.51. The van der Waals surface area contributed by atoms with Gasteiger partial charge in [-0.05, 0) is 53.3 Å². The van der Waals surface area contributed by atoms with E-state index < -0.39 is 12.6 Å². The Balaban J connectivity index is 1.85. The first-order valence-corrected chi connectivity index (χ1v) is 12.5. The molecule has 0 atom stereocenters. The minimum atomic E-state index is -1.03. The molecule has 0 saturated carbocycles. The van der Waals surface area contributed by atoms with Crippen molar-refractivity contribution in [2.24, 2.45) is 0 Å². The molecule has 0 radical (unpaired) electrons. The zero-order valence-corrected chi connectivity index (χ0v) is 22.5. The normalized spacial score (nSPS) is 11.3. The lowest BCUT2D eigenvalue weighted by Crippen LogP contribution is -2.13. The summed E-state index contributed by atoms with van der Waals surface area (Å²) in [5, 5.41) is 14.3. The summed E-state index contributed by atoms with van der Waals surface area (Å²) >= 11 is 0. The first-order valence-electron chi connectivity index (χ1n) is 12.5. The van der Waals surface area contributed by atoms with E-state index in [1.807, 2.05) is 65.3 Å². The number of rotatable bonds is 10. The highest BCUT2D eigenvalue weighted by Crippen LogP contribution is 2.41. The summed E-state index contributed by atoms with van der Waals surface area (Å²) in [4.78, 5) is 11.3. The number of aliphatic carboxylic acids is 1. The second-order valence-corrected chi connectivity index (χ2v) is 10.1. The molecule has 0 unspecified atom stereocenters. The molecule has 4 rings (SSSR count). The van der Waals surface area contributed by atoms with Gasteiger partial charge < -0.3 is 19.3 Å². The van der Waals surface area contributed by atoms with Crippen molar-refractivity contribution in [1.29, 1.82) is 0 Å². The molecule has 3 aromatic carbocycles. The van der Waals surface area contributed by atoms with Gasteiger partial charge in [0.15, 0.2) is 18.1 Å². The number of ether oxygens (including phenoxy) is 3. The van der Waals surface area contributed by atoms with Crippen LogP contribution < -0.4 is 14.2 Å². The van der Waals surface area contributed by atoms with Crippen LogP contribution in [-0.4, -0.2) is 41.7 Å². The molecule has 0 spiro atoms. The van der Waals surface area contributed by atoms with E-state index in [2.05, 4.69) is 32.9 Å². The molecule has 0 aliphatic heterocycles. The van der Waals surface area contributed by atoms with Crippen LogP contribution in [-0.2, 0) is 23.2 Å². The monoisotopic (exact) mass is 514 g/mol. The Morgan fingerprint density at radius 2 is 1.66 bits per heavy atom. The molecule has 1 heterocycles. The first-order chi connectivity index (χ1) is 18.2. The van der Waals surface area contributed by atoms with Gasteiger partial charge in [-0.15, -0.1) is 0 Å². The Morgan fingerprint density at radius 3 is 2.32 bits per heavy atom. The summed E-state index contributed by atoms with van der Waals surface area (Å²) < 4.78 is 19.0. The van der Waals surface area contributed by atoms with Gasteiger partial charge in [0.2, 0.25) is 0 Å². The molecule has 0 bridgehead atoms. The SMILES string of the molecule is COc1cccc(-c2cc(-c3ccc(C(C)(C)C)cc3OCC(=O)O)nn2CCc2ccccc2)c1OC. The van der Waals surface area contributed by atoms with Crippen LogP contribution in [0.3, 0.4) is 0 Å². The number of methoxy groups -OCH3 is 2. The van der Waals surface area contributed by atoms with Crippen LogP contribution in [0.1, 0.15) is 31.9 Å². The molecule has 38 heavy (non-hydrogen) atoms. The Hall–Kier alpha value is -4.26. The molecule has 1 N–H and O–H groups in total. The van der Waals surface area contributed by atoms with E-state index in [1.165, 1.54) is 5.56 Å². The molecule has 0 aliphatic carbocycles. The Morgan fingerprint density at radius 1 is 0.895 bits per heavy atom. The van der Waals surface area contributed by atoms with Crippen LogP contribution in [0.15, 0.2) is 72.8 Å². The van der Waals surface area contributed by atoms with Crippen molar-refractivity contribution in [2.75, 3.05) is 20.8 Å². The fourth-order valence-electron chi connectivity index (χ4n) is 4.36. The largest absolute Gasteiger partial charge is 0.493 e. The molecule has 0 amide bonds. The maximum atomic E-state index is 11.3. The Bertz CT molecular complexity index is 1400. The summed E-state index contributed by atoms with van der Waals surface area (Å²) in [5.74, 6) is 0.694. The fraction of sp³-hybridized carbons (Fsp3) is 0.290. The highest BCUT2D eigenvalue weighted by molar-refractivity contribution is 5.78. The second kappa shape index (κ2) is 11.4. The van der Waals surface area contributed by atoms with Gasteiger partial charge in [-0.1, -0.05) is 63.2 Å². The molecule has 0 fully saturated rings. The summed E-state index contributed by atoms with van der Waals surface area (Å²) in [6.07, 6.45) is 0.784. The maximum Gasteiger partial charge on any atom is 0.341 e. The molecular weight excluding hydrogens is 480 g/mol. The average Bonchev–Trinajstić information content (AvgIpc) is 3.33. The van der Waals surface area contributed by atoms with Crippen molar-refractivity contribution >= 4 is 5.97 Å². The molecule has 1 aromatic heterocycles. The van der Waals surface area contributed by atoms with Crippen molar-refractivity contribution in [3.63, 3.8) is 0 Å². The van der Waals surface area contributed by atoms with Crippen molar-refractivity contribution in [3.8, 4) is 39.8 Å². The number of benzene rings is 3. The average molecular weight is 515 g/mol. The quantitative estimate of drug-likeness (QED) is 0.270. The van der Waals surface area contributed by atoms with Gasteiger partial charge in [-0.25, -0.2) is 4.79 Å². The van der Waals surface area contributed by atoms with E-state index >= 15 is 0 Å². The molecule has 0 saturated heterocycles. The number of para-hydroxylation sites is 1. The van der Waals surface area contributed by atoms with E-state index in [1.54, 1.807) is 14.2 Å². The number of hydrogen-bond acceptors (Lipinski definition) is 5. The standard InChI is InChI=1S/C31H34N2O5/c1-31(2,3)22-14-15-23(28(18-22)38-20-29(34)35)25-19-26(24-12-9-13-27(36-4)30(24)37-5)33(32-25)17-16-21-10-7-6-8-11-21/h6-15,18-19H,16-17,20H2,1-5H3,(H,34,35). The van der Waals surface area contributed by atoms with E-state index in [0.717, 1.165) is 28.8 Å². The van der Waals surface area contributed by atoms with Gasteiger partial charge in [0.1, 0.15) is 5.75 Å². The predicted octanol–water partition coefficient (Wildman–Crippen LogP) is 6.24. The lowest BCUT2D eigenvalue weighted by Gasteiger charge is -2.21. The minimum Gasteiger partial charge on any atom is -0.493 e. The summed E-state index contributed by atoms with van der Waals surface area (Å²) in [7, 11) is 3.23.